The third kappa shape index (κ3) is 4.46. The average Bonchev–Trinajstić information content (AvgIpc) is 2.68. The van der Waals surface area contributed by atoms with Crippen molar-refractivity contribution in [1.82, 2.24) is 4.31 Å². The number of rotatable bonds is 4. The molecule has 1 heterocycles. The van der Waals surface area contributed by atoms with E-state index in [1.807, 2.05) is 0 Å². The maximum absolute atomic E-state index is 13.4. The van der Waals surface area contributed by atoms with Crippen molar-refractivity contribution in [2.45, 2.75) is 24.3 Å². The van der Waals surface area contributed by atoms with E-state index in [2.05, 4.69) is 5.32 Å². The summed E-state index contributed by atoms with van der Waals surface area (Å²) in [5.74, 6) is -5.85. The average molecular weight is 463 g/mol. The van der Waals surface area contributed by atoms with Gasteiger partial charge in [-0.3, -0.25) is 4.79 Å². The van der Waals surface area contributed by atoms with Crippen molar-refractivity contribution in [3.63, 3.8) is 0 Å². The molecule has 0 saturated carbocycles. The number of hydrogen-bond donors (Lipinski definition) is 2. The number of nitrogens with zero attached hydrogens (tertiary/aromatic N) is 1. The van der Waals surface area contributed by atoms with Crippen LogP contribution >= 0.6 is 11.6 Å². The van der Waals surface area contributed by atoms with E-state index < -0.39 is 39.5 Å². The monoisotopic (exact) mass is 462 g/mol. The molecule has 2 atom stereocenters. The van der Waals surface area contributed by atoms with Gasteiger partial charge >= 0.3 is 0 Å². The summed E-state index contributed by atoms with van der Waals surface area (Å²) < 4.78 is 66.9. The van der Waals surface area contributed by atoms with Crippen LogP contribution < -0.4 is 5.32 Å². The predicted molar refractivity (Wildman–Crippen MR) is 104 cm³/mol. The van der Waals surface area contributed by atoms with Crippen LogP contribution in [0.4, 0.5) is 18.9 Å². The number of anilines is 1. The topological polar surface area (TPSA) is 86.7 Å². The Bertz CT molecular complexity index is 1070. The van der Waals surface area contributed by atoms with Crippen molar-refractivity contribution >= 4 is 33.2 Å². The van der Waals surface area contributed by atoms with Crippen LogP contribution in [0.1, 0.15) is 23.7 Å². The molecule has 0 aliphatic carbocycles. The fourth-order valence-corrected chi connectivity index (χ4v) is 4.91. The number of piperidine rings is 1. The molecular weight excluding hydrogens is 445 g/mol. The van der Waals surface area contributed by atoms with E-state index in [0.29, 0.717) is 12.1 Å². The zero-order chi connectivity index (χ0) is 22.2. The molecule has 0 radical (unpaired) electrons. The number of aliphatic hydroxyl groups is 1. The Labute approximate surface area is 176 Å². The van der Waals surface area contributed by atoms with Gasteiger partial charge in [0.25, 0.3) is 5.91 Å². The fraction of sp³-hybridized carbons (Fsp3) is 0.316. The van der Waals surface area contributed by atoms with Crippen LogP contribution in [0.5, 0.6) is 0 Å². The first-order valence-corrected chi connectivity index (χ1v) is 10.8. The second-order valence-electron chi connectivity index (χ2n) is 7.05. The van der Waals surface area contributed by atoms with Gasteiger partial charge in [0, 0.05) is 30.9 Å². The van der Waals surface area contributed by atoms with Gasteiger partial charge in [0.1, 0.15) is 0 Å². The molecule has 30 heavy (non-hydrogen) atoms. The normalized spacial score (nSPS) is 20.2. The molecule has 0 bridgehead atoms. The summed E-state index contributed by atoms with van der Waals surface area (Å²) in [5.41, 5.74) is -0.604. The number of carbonyl (C=O) groups is 1. The molecular formula is C19H18ClF3N2O4S. The van der Waals surface area contributed by atoms with E-state index in [1.54, 1.807) is 6.92 Å². The van der Waals surface area contributed by atoms with Crippen molar-refractivity contribution < 1.29 is 31.5 Å². The lowest BCUT2D eigenvalue weighted by molar-refractivity contribution is 0.0628. The number of sulfonamides is 1. The molecule has 1 saturated heterocycles. The molecule has 3 rings (SSSR count). The smallest absolute Gasteiger partial charge is 0.257 e. The lowest BCUT2D eigenvalue weighted by Crippen LogP contribution is -2.44. The van der Waals surface area contributed by atoms with Gasteiger partial charge in [-0.1, -0.05) is 18.5 Å². The lowest BCUT2D eigenvalue weighted by atomic mass is 9.99. The maximum Gasteiger partial charge on any atom is 0.257 e. The highest BCUT2D eigenvalue weighted by Gasteiger charge is 2.33. The Morgan fingerprint density at radius 1 is 1.20 bits per heavy atom. The number of hydrogen-bond acceptors (Lipinski definition) is 4. The van der Waals surface area contributed by atoms with Crippen molar-refractivity contribution in [2.24, 2.45) is 5.92 Å². The van der Waals surface area contributed by atoms with Gasteiger partial charge in [-0.15, -0.1) is 0 Å². The Morgan fingerprint density at radius 3 is 2.43 bits per heavy atom. The number of aliphatic hydroxyl groups excluding tert-OH is 1. The largest absolute Gasteiger partial charge is 0.393 e. The second-order valence-corrected chi connectivity index (χ2v) is 9.39. The van der Waals surface area contributed by atoms with E-state index >= 15 is 0 Å². The molecule has 2 aromatic carbocycles. The number of halogens is 4. The summed E-state index contributed by atoms with van der Waals surface area (Å²) in [5, 5.41) is 11.9. The number of benzene rings is 2. The molecule has 2 unspecified atom stereocenters. The molecule has 2 N–H and O–H groups in total. The van der Waals surface area contributed by atoms with E-state index in [1.165, 1.54) is 16.4 Å². The zero-order valence-electron chi connectivity index (χ0n) is 15.7. The molecule has 0 spiro atoms. The van der Waals surface area contributed by atoms with Crippen LogP contribution in [0.2, 0.25) is 5.02 Å². The van der Waals surface area contributed by atoms with Gasteiger partial charge in [-0.2, -0.15) is 4.31 Å². The molecule has 2 aromatic rings. The molecule has 162 valence electrons. The van der Waals surface area contributed by atoms with Gasteiger partial charge < -0.3 is 10.4 Å². The number of amides is 1. The highest BCUT2D eigenvalue weighted by Crippen LogP contribution is 2.27. The Balaban J connectivity index is 1.89. The first kappa shape index (κ1) is 22.5. The summed E-state index contributed by atoms with van der Waals surface area (Å²) in [4.78, 5) is 12.3. The summed E-state index contributed by atoms with van der Waals surface area (Å²) in [7, 11) is -3.97. The highest BCUT2D eigenvalue weighted by atomic mass is 35.5. The second kappa shape index (κ2) is 8.54. The van der Waals surface area contributed by atoms with Crippen LogP contribution in [-0.4, -0.2) is 42.9 Å². The molecule has 1 aliphatic heterocycles. The Morgan fingerprint density at radius 2 is 1.83 bits per heavy atom. The molecule has 1 fully saturated rings. The Hall–Kier alpha value is -2.14. The molecule has 6 nitrogen and oxygen atoms in total. The lowest BCUT2D eigenvalue weighted by Gasteiger charge is -2.33. The minimum atomic E-state index is -3.97. The minimum Gasteiger partial charge on any atom is -0.393 e. The van der Waals surface area contributed by atoms with Crippen molar-refractivity contribution in [3.8, 4) is 0 Å². The van der Waals surface area contributed by atoms with Gasteiger partial charge in [0.15, 0.2) is 17.5 Å². The van der Waals surface area contributed by atoms with Crippen LogP contribution in [0.25, 0.3) is 0 Å². The Kier molecular flexibility index (Phi) is 6.42. The summed E-state index contributed by atoms with van der Waals surface area (Å²) >= 11 is 6.01. The van der Waals surface area contributed by atoms with Crippen LogP contribution in [0.15, 0.2) is 35.2 Å². The number of nitrogens with one attached hydrogen (secondary N) is 1. The molecule has 1 amide bonds. The predicted octanol–water partition coefficient (Wildman–Crippen LogP) is 3.40. The minimum absolute atomic E-state index is 0.0862. The SMILES string of the molecule is CC1CN(S(=O)(=O)c2ccc(Cl)c(C(=O)Nc3cc(F)c(F)c(F)c3)c2)CCC1O. The summed E-state index contributed by atoms with van der Waals surface area (Å²) in [6.07, 6.45) is -0.317. The first-order valence-electron chi connectivity index (χ1n) is 8.94. The standard InChI is InChI=1S/C19H18ClF3N2O4S/c1-10-9-25(5-4-17(10)26)30(28,29)12-2-3-14(20)13(8-12)19(27)24-11-6-15(21)18(23)16(22)7-11/h2-3,6-8,10,17,26H,4-5,9H2,1H3,(H,24,27). The highest BCUT2D eigenvalue weighted by molar-refractivity contribution is 7.89. The van der Waals surface area contributed by atoms with Gasteiger partial charge in [-0.25, -0.2) is 21.6 Å². The summed E-state index contributed by atoms with van der Waals surface area (Å²) in [6.45, 7) is 1.96. The van der Waals surface area contributed by atoms with Crippen LogP contribution in [-0.2, 0) is 10.0 Å². The zero-order valence-corrected chi connectivity index (χ0v) is 17.3. The summed E-state index contributed by atoms with van der Waals surface area (Å²) in [6, 6.07) is 4.69. The van der Waals surface area contributed by atoms with Crippen LogP contribution in [0.3, 0.4) is 0 Å². The van der Waals surface area contributed by atoms with E-state index in [9.17, 15) is 31.5 Å². The fourth-order valence-electron chi connectivity index (χ4n) is 3.13. The van der Waals surface area contributed by atoms with E-state index in [-0.39, 0.29) is 46.6 Å². The molecule has 0 aromatic heterocycles. The maximum atomic E-state index is 13.4. The first-order chi connectivity index (χ1) is 14.0. The van der Waals surface area contributed by atoms with E-state index in [4.69, 9.17) is 11.6 Å². The van der Waals surface area contributed by atoms with Crippen molar-refractivity contribution in [2.75, 3.05) is 18.4 Å². The van der Waals surface area contributed by atoms with Gasteiger partial charge in [-0.05, 0) is 30.5 Å². The van der Waals surface area contributed by atoms with Crippen LogP contribution in [0, 0.1) is 23.4 Å². The van der Waals surface area contributed by atoms with Gasteiger partial charge in [0.05, 0.1) is 21.6 Å². The van der Waals surface area contributed by atoms with Crippen molar-refractivity contribution in [3.05, 3.63) is 58.4 Å². The third-order valence-electron chi connectivity index (χ3n) is 4.88. The third-order valence-corrected chi connectivity index (χ3v) is 7.08. The van der Waals surface area contributed by atoms with Gasteiger partial charge in [0.2, 0.25) is 10.0 Å². The number of carbonyl (C=O) groups excluding carboxylic acids is 1. The van der Waals surface area contributed by atoms with Crippen molar-refractivity contribution in [1.29, 1.82) is 0 Å². The van der Waals surface area contributed by atoms with E-state index in [0.717, 1.165) is 6.07 Å². The molecule has 1 aliphatic rings. The molecule has 11 heteroatoms. The quantitative estimate of drug-likeness (QED) is 0.682.